The monoisotopic (exact) mass is 318 g/mol. The molecule has 1 fully saturated rings. The Morgan fingerprint density at radius 2 is 2.23 bits per heavy atom. The Labute approximate surface area is 134 Å². The Hall–Kier alpha value is -1.82. The molecule has 22 heavy (non-hydrogen) atoms. The van der Waals surface area contributed by atoms with E-state index in [0.29, 0.717) is 11.7 Å². The summed E-state index contributed by atoms with van der Waals surface area (Å²) in [7, 11) is 1.83. The second-order valence-corrected chi connectivity index (χ2v) is 6.91. The van der Waals surface area contributed by atoms with Crippen molar-refractivity contribution in [3.63, 3.8) is 0 Å². The Morgan fingerprint density at radius 1 is 1.45 bits per heavy atom. The molecule has 0 saturated heterocycles. The van der Waals surface area contributed by atoms with Crippen LogP contribution in [0.2, 0.25) is 0 Å². The molecular weight excluding hydrogens is 296 g/mol. The summed E-state index contributed by atoms with van der Waals surface area (Å²) >= 11 is 1.71. The van der Waals surface area contributed by atoms with Crippen LogP contribution in [-0.2, 0) is 7.05 Å². The van der Waals surface area contributed by atoms with Crippen molar-refractivity contribution in [2.24, 2.45) is 13.0 Å². The van der Waals surface area contributed by atoms with Crippen molar-refractivity contribution in [2.75, 3.05) is 5.32 Å². The number of carbonyl (C=O) groups is 1. The number of nitrogens with one attached hydrogen (secondary N) is 2. The number of rotatable bonds is 4. The van der Waals surface area contributed by atoms with Crippen LogP contribution in [0.1, 0.15) is 42.3 Å². The molecule has 3 rings (SSSR count). The van der Waals surface area contributed by atoms with Gasteiger partial charge in [0.1, 0.15) is 5.82 Å². The van der Waals surface area contributed by atoms with Crippen LogP contribution in [0.5, 0.6) is 0 Å². The number of nitrogens with zero attached hydrogens (tertiary/aromatic N) is 2. The summed E-state index contributed by atoms with van der Waals surface area (Å²) in [5.74, 6) is 1.25. The van der Waals surface area contributed by atoms with E-state index in [1.54, 1.807) is 16.0 Å². The predicted octanol–water partition coefficient (Wildman–Crippen LogP) is 3.84. The van der Waals surface area contributed by atoms with Crippen LogP contribution >= 0.6 is 11.3 Å². The minimum Gasteiger partial charge on any atom is -0.330 e. The summed E-state index contributed by atoms with van der Waals surface area (Å²) in [4.78, 5) is 13.6. The van der Waals surface area contributed by atoms with E-state index < -0.39 is 0 Å². The molecule has 0 radical (unpaired) electrons. The van der Waals surface area contributed by atoms with Gasteiger partial charge in [0.05, 0.1) is 11.7 Å². The lowest BCUT2D eigenvalue weighted by molar-refractivity contribution is 0.243. The SMILES string of the molecule is Cc1cc(NC(=O)NC(c2cccs2)C2CCCC2)n(C)n1. The maximum absolute atomic E-state index is 12.4. The molecule has 118 valence electrons. The Bertz CT molecular complexity index is 629. The number of anilines is 1. The summed E-state index contributed by atoms with van der Waals surface area (Å²) < 4.78 is 1.69. The van der Waals surface area contributed by atoms with E-state index in [1.807, 2.05) is 26.1 Å². The molecule has 2 heterocycles. The third-order valence-corrected chi connectivity index (χ3v) is 5.21. The third kappa shape index (κ3) is 3.32. The van der Waals surface area contributed by atoms with Gasteiger partial charge in [-0.15, -0.1) is 11.3 Å². The normalized spacial score (nSPS) is 16.6. The average Bonchev–Trinajstić information content (AvgIpc) is 3.20. The maximum Gasteiger partial charge on any atom is 0.320 e. The van der Waals surface area contributed by atoms with Gasteiger partial charge in [0.2, 0.25) is 0 Å². The van der Waals surface area contributed by atoms with Crippen LogP contribution in [0.3, 0.4) is 0 Å². The van der Waals surface area contributed by atoms with Gasteiger partial charge in [0.15, 0.2) is 0 Å². The Balaban J connectivity index is 1.70. The highest BCUT2D eigenvalue weighted by atomic mass is 32.1. The van der Waals surface area contributed by atoms with E-state index in [4.69, 9.17) is 0 Å². The van der Waals surface area contributed by atoms with Crippen LogP contribution in [0, 0.1) is 12.8 Å². The van der Waals surface area contributed by atoms with Gasteiger partial charge < -0.3 is 5.32 Å². The zero-order valence-corrected chi connectivity index (χ0v) is 13.8. The van der Waals surface area contributed by atoms with Gasteiger partial charge in [-0.2, -0.15) is 5.10 Å². The number of thiophene rings is 1. The topological polar surface area (TPSA) is 59.0 Å². The molecule has 1 saturated carbocycles. The Kier molecular flexibility index (Phi) is 4.47. The van der Waals surface area contributed by atoms with Crippen molar-refractivity contribution in [2.45, 2.75) is 38.6 Å². The number of aryl methyl sites for hydroxylation is 2. The van der Waals surface area contributed by atoms with Crippen molar-refractivity contribution in [1.29, 1.82) is 0 Å². The quantitative estimate of drug-likeness (QED) is 0.899. The Morgan fingerprint density at radius 3 is 2.82 bits per heavy atom. The third-order valence-electron chi connectivity index (χ3n) is 4.25. The van der Waals surface area contributed by atoms with Gasteiger partial charge in [-0.3, -0.25) is 10.00 Å². The van der Waals surface area contributed by atoms with E-state index in [2.05, 4.69) is 27.2 Å². The lowest BCUT2D eigenvalue weighted by Gasteiger charge is -2.23. The highest BCUT2D eigenvalue weighted by molar-refractivity contribution is 7.10. The predicted molar refractivity (Wildman–Crippen MR) is 89.1 cm³/mol. The standard InChI is InChI=1S/C16H22N4OS/c1-11-10-14(20(2)19-11)17-16(21)18-15(12-6-3-4-7-12)13-8-5-9-22-13/h5,8-10,12,15H,3-4,6-7H2,1-2H3,(H2,17,18,21). The molecule has 1 unspecified atom stereocenters. The first-order valence-corrected chi connectivity index (χ1v) is 8.63. The van der Waals surface area contributed by atoms with Gasteiger partial charge in [-0.25, -0.2) is 4.79 Å². The molecule has 0 aliphatic heterocycles. The van der Waals surface area contributed by atoms with Crippen molar-refractivity contribution in [1.82, 2.24) is 15.1 Å². The van der Waals surface area contributed by atoms with Crippen molar-refractivity contribution >= 4 is 23.2 Å². The molecule has 0 bridgehead atoms. The van der Waals surface area contributed by atoms with Crippen LogP contribution < -0.4 is 10.6 Å². The van der Waals surface area contributed by atoms with E-state index in [-0.39, 0.29) is 12.1 Å². The first-order valence-electron chi connectivity index (χ1n) is 7.75. The average molecular weight is 318 g/mol. The second kappa shape index (κ2) is 6.52. The van der Waals surface area contributed by atoms with E-state index >= 15 is 0 Å². The molecule has 1 aliphatic carbocycles. The molecule has 2 aromatic heterocycles. The van der Waals surface area contributed by atoms with Crippen LogP contribution in [0.15, 0.2) is 23.6 Å². The van der Waals surface area contributed by atoms with Gasteiger partial charge >= 0.3 is 6.03 Å². The molecule has 1 aliphatic rings. The zero-order valence-electron chi connectivity index (χ0n) is 13.0. The molecule has 2 N–H and O–H groups in total. The largest absolute Gasteiger partial charge is 0.330 e. The van der Waals surface area contributed by atoms with Crippen molar-refractivity contribution in [3.05, 3.63) is 34.2 Å². The molecule has 2 amide bonds. The number of aromatic nitrogens is 2. The van der Waals surface area contributed by atoms with E-state index in [0.717, 1.165) is 5.69 Å². The minimum absolute atomic E-state index is 0.108. The smallest absolute Gasteiger partial charge is 0.320 e. The van der Waals surface area contributed by atoms with E-state index in [9.17, 15) is 4.79 Å². The minimum atomic E-state index is -0.159. The molecule has 0 spiro atoms. The summed E-state index contributed by atoms with van der Waals surface area (Å²) in [5.41, 5.74) is 0.892. The maximum atomic E-state index is 12.4. The zero-order chi connectivity index (χ0) is 15.5. The molecule has 0 aromatic carbocycles. The van der Waals surface area contributed by atoms with Gasteiger partial charge in [-0.05, 0) is 37.1 Å². The molecular formula is C16H22N4OS. The molecule has 1 atom stereocenters. The number of carbonyl (C=O) groups excluding carboxylic acids is 1. The summed E-state index contributed by atoms with van der Waals surface area (Å²) in [6.45, 7) is 1.91. The van der Waals surface area contributed by atoms with Crippen LogP contribution in [0.4, 0.5) is 10.6 Å². The molecule has 5 nitrogen and oxygen atoms in total. The fourth-order valence-electron chi connectivity index (χ4n) is 3.20. The fraction of sp³-hybridized carbons (Fsp3) is 0.500. The fourth-order valence-corrected chi connectivity index (χ4v) is 4.07. The number of hydrogen-bond acceptors (Lipinski definition) is 3. The van der Waals surface area contributed by atoms with Gasteiger partial charge in [0.25, 0.3) is 0 Å². The number of hydrogen-bond donors (Lipinski definition) is 2. The molecule has 2 aromatic rings. The summed E-state index contributed by atoms with van der Waals surface area (Å²) in [5, 5.41) is 12.4. The number of amides is 2. The summed E-state index contributed by atoms with van der Waals surface area (Å²) in [6.07, 6.45) is 4.90. The first-order chi connectivity index (χ1) is 10.6. The van der Waals surface area contributed by atoms with Crippen LogP contribution in [-0.4, -0.2) is 15.8 Å². The van der Waals surface area contributed by atoms with Gasteiger partial charge in [0, 0.05) is 18.0 Å². The first kappa shape index (κ1) is 15.1. The lowest BCUT2D eigenvalue weighted by atomic mass is 9.97. The van der Waals surface area contributed by atoms with Crippen molar-refractivity contribution in [3.8, 4) is 0 Å². The highest BCUT2D eigenvalue weighted by Crippen LogP contribution is 2.37. The lowest BCUT2D eigenvalue weighted by Crippen LogP contribution is -2.36. The van der Waals surface area contributed by atoms with Crippen molar-refractivity contribution < 1.29 is 4.79 Å². The molecule has 6 heteroatoms. The summed E-state index contributed by atoms with van der Waals surface area (Å²) in [6, 6.07) is 5.98. The van der Waals surface area contributed by atoms with Gasteiger partial charge in [-0.1, -0.05) is 18.9 Å². The second-order valence-electron chi connectivity index (χ2n) is 5.93. The van der Waals surface area contributed by atoms with Crippen LogP contribution in [0.25, 0.3) is 0 Å². The number of urea groups is 1. The highest BCUT2D eigenvalue weighted by Gasteiger charge is 2.28. The van der Waals surface area contributed by atoms with E-state index in [1.165, 1.54) is 30.6 Å².